The van der Waals surface area contributed by atoms with Gasteiger partial charge in [-0.15, -0.1) is 0 Å². The maximum atomic E-state index is 12.3. The molecule has 0 aromatic heterocycles. The molecule has 0 bridgehead atoms. The van der Waals surface area contributed by atoms with Crippen molar-refractivity contribution in [2.75, 3.05) is 18.7 Å². The molecule has 138 valence electrons. The largest absolute Gasteiger partial charge is 0.454 e. The third kappa shape index (κ3) is 2.66. The molecule has 1 aromatic rings. The van der Waals surface area contributed by atoms with E-state index in [1.54, 1.807) is 18.2 Å². The second-order valence-electron chi connectivity index (χ2n) is 7.62. The Morgan fingerprint density at radius 2 is 1.96 bits per heavy atom. The smallest absolute Gasteiger partial charge is 0.411 e. The molecule has 1 saturated carbocycles. The Morgan fingerprint density at radius 3 is 2.85 bits per heavy atom. The third-order valence-electron chi connectivity index (χ3n) is 6.14. The topological polar surface area (TPSA) is 77.1 Å². The summed E-state index contributed by atoms with van der Waals surface area (Å²) in [5.74, 6) is 2.52. The molecule has 26 heavy (non-hydrogen) atoms. The van der Waals surface area contributed by atoms with E-state index in [1.165, 1.54) is 0 Å². The first-order chi connectivity index (χ1) is 12.7. The van der Waals surface area contributed by atoms with E-state index in [2.05, 4.69) is 10.2 Å². The first-order valence-electron chi connectivity index (χ1n) is 9.34. The lowest BCUT2D eigenvalue weighted by molar-refractivity contribution is -0.139. The predicted molar refractivity (Wildman–Crippen MR) is 92.0 cm³/mol. The van der Waals surface area contributed by atoms with Crippen molar-refractivity contribution in [2.45, 2.75) is 44.2 Å². The number of amides is 2. The van der Waals surface area contributed by atoms with Crippen LogP contribution in [0.15, 0.2) is 18.2 Å². The van der Waals surface area contributed by atoms with Crippen molar-refractivity contribution < 1.29 is 23.8 Å². The van der Waals surface area contributed by atoms with Crippen LogP contribution in [0.5, 0.6) is 11.5 Å². The van der Waals surface area contributed by atoms with Gasteiger partial charge in [-0.25, -0.2) is 4.79 Å². The number of ether oxygens (including phenoxy) is 3. The number of piperidine rings is 1. The fourth-order valence-electron chi connectivity index (χ4n) is 5.09. The SMILES string of the molecule is O=C(Nc1ccc2c(c1)OCO2)O[C@@H]1C[C@H]2CCC(=O)N3CC[C@@H](C1)[C@@H]23. The molecule has 2 saturated heterocycles. The molecule has 1 aromatic carbocycles. The van der Waals surface area contributed by atoms with Crippen LogP contribution in [0.1, 0.15) is 32.1 Å². The first-order valence-corrected chi connectivity index (χ1v) is 9.34. The second kappa shape index (κ2) is 6.07. The number of nitrogens with zero attached hydrogens (tertiary/aromatic N) is 1. The average molecular weight is 358 g/mol. The van der Waals surface area contributed by atoms with Crippen LogP contribution in [0, 0.1) is 11.8 Å². The van der Waals surface area contributed by atoms with Gasteiger partial charge in [-0.1, -0.05) is 0 Å². The normalized spacial score (nSPS) is 31.5. The highest BCUT2D eigenvalue weighted by Gasteiger charge is 2.49. The van der Waals surface area contributed by atoms with Crippen molar-refractivity contribution in [2.24, 2.45) is 11.8 Å². The number of hydrogen-bond acceptors (Lipinski definition) is 5. The molecule has 1 aliphatic carbocycles. The number of fused-ring (bicyclic) bond motifs is 1. The summed E-state index contributed by atoms with van der Waals surface area (Å²) in [6.07, 6.45) is 3.75. The maximum absolute atomic E-state index is 12.3. The zero-order valence-electron chi connectivity index (χ0n) is 14.5. The molecule has 4 aliphatic rings. The quantitative estimate of drug-likeness (QED) is 0.880. The van der Waals surface area contributed by atoms with E-state index in [-0.39, 0.29) is 12.9 Å². The molecule has 3 fully saturated rings. The summed E-state index contributed by atoms with van der Waals surface area (Å²) >= 11 is 0. The number of carbonyl (C=O) groups is 2. The van der Waals surface area contributed by atoms with Crippen LogP contribution in [0.25, 0.3) is 0 Å². The molecule has 4 atom stereocenters. The van der Waals surface area contributed by atoms with Gasteiger partial charge in [-0.2, -0.15) is 0 Å². The number of hydrogen-bond donors (Lipinski definition) is 1. The molecule has 0 unspecified atom stereocenters. The number of benzene rings is 1. The summed E-state index contributed by atoms with van der Waals surface area (Å²) in [6.45, 7) is 1.07. The van der Waals surface area contributed by atoms with Gasteiger partial charge in [0, 0.05) is 30.8 Å². The Labute approximate surface area is 151 Å². The lowest BCUT2D eigenvalue weighted by Crippen LogP contribution is -2.51. The zero-order valence-corrected chi connectivity index (χ0v) is 14.5. The van der Waals surface area contributed by atoms with E-state index in [0.29, 0.717) is 47.4 Å². The highest BCUT2D eigenvalue weighted by Crippen LogP contribution is 2.45. The molecule has 0 spiro atoms. The van der Waals surface area contributed by atoms with Crippen LogP contribution < -0.4 is 14.8 Å². The van der Waals surface area contributed by atoms with Crippen molar-refractivity contribution in [3.05, 3.63) is 18.2 Å². The van der Waals surface area contributed by atoms with Crippen LogP contribution in [-0.4, -0.2) is 42.4 Å². The van der Waals surface area contributed by atoms with E-state index in [4.69, 9.17) is 14.2 Å². The summed E-state index contributed by atoms with van der Waals surface area (Å²) < 4.78 is 16.3. The third-order valence-corrected chi connectivity index (χ3v) is 6.14. The predicted octanol–water partition coefficient (Wildman–Crippen LogP) is 2.75. The van der Waals surface area contributed by atoms with Gasteiger partial charge in [0.25, 0.3) is 0 Å². The summed E-state index contributed by atoms with van der Waals surface area (Å²) in [7, 11) is 0. The molecular weight excluding hydrogens is 336 g/mol. The molecule has 0 radical (unpaired) electrons. The van der Waals surface area contributed by atoms with Crippen LogP contribution >= 0.6 is 0 Å². The van der Waals surface area contributed by atoms with Gasteiger partial charge in [-0.05, 0) is 49.7 Å². The first kappa shape index (κ1) is 15.8. The van der Waals surface area contributed by atoms with Crippen molar-refractivity contribution in [3.63, 3.8) is 0 Å². The van der Waals surface area contributed by atoms with Crippen LogP contribution in [0.4, 0.5) is 10.5 Å². The number of nitrogens with one attached hydrogen (secondary N) is 1. The Bertz CT molecular complexity index is 751. The molecule has 3 aliphatic heterocycles. The van der Waals surface area contributed by atoms with Crippen molar-refractivity contribution in [3.8, 4) is 11.5 Å². The summed E-state index contributed by atoms with van der Waals surface area (Å²) in [6, 6.07) is 5.65. The Kier molecular flexibility index (Phi) is 3.69. The fourth-order valence-corrected chi connectivity index (χ4v) is 5.09. The number of rotatable bonds is 2. The standard InChI is InChI=1S/C19H22N2O5/c22-17-4-1-11-7-14(8-12-5-6-21(17)18(11)12)26-19(23)20-13-2-3-15-16(9-13)25-10-24-15/h2-3,9,11-12,14,18H,1,4-8,10H2,(H,20,23)/t11-,12+,14-,18-/m1/s1. The lowest BCUT2D eigenvalue weighted by Gasteiger charge is -2.44. The Hall–Kier alpha value is -2.44. The molecule has 1 N–H and O–H groups in total. The van der Waals surface area contributed by atoms with Crippen LogP contribution in [0.2, 0.25) is 0 Å². The highest BCUT2D eigenvalue weighted by molar-refractivity contribution is 5.85. The number of carbonyl (C=O) groups excluding carboxylic acids is 2. The fraction of sp³-hybridized carbons (Fsp3) is 0.579. The molecule has 2 amide bonds. The second-order valence-corrected chi connectivity index (χ2v) is 7.62. The Morgan fingerprint density at radius 1 is 1.15 bits per heavy atom. The van der Waals surface area contributed by atoms with Gasteiger partial charge >= 0.3 is 6.09 Å². The van der Waals surface area contributed by atoms with E-state index in [1.807, 2.05) is 0 Å². The van der Waals surface area contributed by atoms with E-state index >= 15 is 0 Å². The summed E-state index contributed by atoms with van der Waals surface area (Å²) in [5.41, 5.74) is 0.628. The van der Waals surface area contributed by atoms with Gasteiger partial charge in [0.15, 0.2) is 11.5 Å². The maximum Gasteiger partial charge on any atom is 0.411 e. The monoisotopic (exact) mass is 358 g/mol. The molecule has 3 heterocycles. The molecule has 7 nitrogen and oxygen atoms in total. The highest BCUT2D eigenvalue weighted by atomic mass is 16.7. The minimum atomic E-state index is -0.436. The van der Waals surface area contributed by atoms with Crippen molar-refractivity contribution in [1.29, 1.82) is 0 Å². The van der Waals surface area contributed by atoms with E-state index < -0.39 is 6.09 Å². The zero-order chi connectivity index (χ0) is 17.7. The van der Waals surface area contributed by atoms with Crippen LogP contribution in [-0.2, 0) is 9.53 Å². The number of anilines is 1. The molecule has 7 heteroatoms. The van der Waals surface area contributed by atoms with Crippen molar-refractivity contribution >= 4 is 17.7 Å². The van der Waals surface area contributed by atoms with E-state index in [9.17, 15) is 9.59 Å². The molecule has 5 rings (SSSR count). The van der Waals surface area contributed by atoms with Crippen molar-refractivity contribution in [1.82, 2.24) is 4.90 Å². The van der Waals surface area contributed by atoms with Gasteiger partial charge in [0.2, 0.25) is 12.7 Å². The Balaban J connectivity index is 1.22. The van der Waals surface area contributed by atoms with Crippen LogP contribution in [0.3, 0.4) is 0 Å². The summed E-state index contributed by atoms with van der Waals surface area (Å²) in [5, 5.41) is 2.78. The lowest BCUT2D eigenvalue weighted by atomic mass is 9.72. The van der Waals surface area contributed by atoms with Gasteiger partial charge in [0.1, 0.15) is 6.10 Å². The minimum absolute atomic E-state index is 0.0802. The van der Waals surface area contributed by atoms with Gasteiger partial charge in [-0.3, -0.25) is 10.1 Å². The summed E-state index contributed by atoms with van der Waals surface area (Å²) in [4.78, 5) is 26.5. The van der Waals surface area contributed by atoms with Gasteiger partial charge in [0.05, 0.1) is 0 Å². The van der Waals surface area contributed by atoms with E-state index in [0.717, 1.165) is 32.2 Å². The molecular formula is C19H22N2O5. The minimum Gasteiger partial charge on any atom is -0.454 e. The average Bonchev–Trinajstić information content (AvgIpc) is 3.25. The van der Waals surface area contributed by atoms with Gasteiger partial charge < -0.3 is 19.1 Å².